The van der Waals surface area contributed by atoms with Crippen molar-refractivity contribution in [3.63, 3.8) is 0 Å². The quantitative estimate of drug-likeness (QED) is 0.453. The summed E-state index contributed by atoms with van der Waals surface area (Å²) < 4.78 is 22.3. The number of rotatable bonds is 0. The van der Waals surface area contributed by atoms with Gasteiger partial charge in [-0.3, -0.25) is 0 Å². The summed E-state index contributed by atoms with van der Waals surface area (Å²) in [5, 5.41) is 0. The topological polar surface area (TPSA) is 18.5 Å². The van der Waals surface area contributed by atoms with E-state index in [1.54, 1.807) is 0 Å². The van der Waals surface area contributed by atoms with Crippen LogP contribution < -0.4 is 0 Å². The maximum atomic E-state index is 12.7. The second-order valence-corrected chi connectivity index (χ2v) is 6.04. The summed E-state index contributed by atoms with van der Waals surface area (Å²) in [6.45, 7) is 2.31. The van der Waals surface area contributed by atoms with Crippen LogP contribution in [0.2, 0.25) is 0 Å². The van der Waals surface area contributed by atoms with E-state index in [4.69, 9.17) is 9.05 Å². The maximum absolute atomic E-state index is 12.7. The fraction of sp³-hybridized carbons (Fsp3) is 1.00. The summed E-state index contributed by atoms with van der Waals surface area (Å²) in [6.07, 6.45) is -2.23. The Balaban J connectivity index is 2.51. The summed E-state index contributed by atoms with van der Waals surface area (Å²) in [5.41, 5.74) is 0. The molecule has 0 aromatic carbocycles. The van der Waals surface area contributed by atoms with Gasteiger partial charge in [0.25, 0.3) is 0 Å². The van der Waals surface area contributed by atoms with Crippen LogP contribution in [-0.4, -0.2) is 27.8 Å². The summed E-state index contributed by atoms with van der Waals surface area (Å²) >= 11 is 2.29. The molecule has 0 radical (unpaired) electrons. The zero-order valence-electron chi connectivity index (χ0n) is 5.04. The first-order chi connectivity index (χ1) is 4.10. The molecule has 0 unspecified atom stereocenters. The molecule has 0 saturated carbocycles. The van der Waals surface area contributed by atoms with Crippen LogP contribution in [0.15, 0.2) is 0 Å². The van der Waals surface area contributed by atoms with Crippen LogP contribution in [0.5, 0.6) is 0 Å². The third-order valence-electron chi connectivity index (χ3n) is 1.08. The van der Waals surface area contributed by atoms with Crippen LogP contribution in [0.1, 0.15) is 13.3 Å². The van der Waals surface area contributed by atoms with E-state index >= 15 is 0 Å². The van der Waals surface area contributed by atoms with Gasteiger partial charge in [0, 0.05) is 0 Å². The summed E-state index contributed by atoms with van der Waals surface area (Å²) in [6, 6.07) is 0. The summed E-state index contributed by atoms with van der Waals surface area (Å²) in [4.78, 5) is 0. The molecule has 1 saturated heterocycles. The van der Waals surface area contributed by atoms with Crippen LogP contribution in [0.3, 0.4) is 0 Å². The van der Waals surface area contributed by atoms with Gasteiger partial charge < -0.3 is 0 Å². The molecular formula is C4H8FO2PSe. The van der Waals surface area contributed by atoms with Gasteiger partial charge in [0.15, 0.2) is 0 Å². The minimum absolute atomic E-state index is 0.00154. The molecule has 2 atom stereocenters. The Morgan fingerprint density at radius 2 is 2.44 bits per heavy atom. The molecule has 1 aliphatic rings. The summed E-state index contributed by atoms with van der Waals surface area (Å²) in [7, 11) is 0. The molecule has 0 aromatic heterocycles. The predicted molar refractivity (Wildman–Crippen MR) is 34.9 cm³/mol. The first kappa shape index (κ1) is 7.90. The van der Waals surface area contributed by atoms with E-state index < -0.39 is 6.27 Å². The van der Waals surface area contributed by atoms with E-state index in [1.807, 2.05) is 6.92 Å². The minimum atomic E-state index is -3.02. The van der Waals surface area contributed by atoms with Crippen LogP contribution >= 0.6 is 6.27 Å². The van der Waals surface area contributed by atoms with Gasteiger partial charge in [0.05, 0.1) is 0 Å². The second kappa shape index (κ2) is 2.81. The van der Waals surface area contributed by atoms with E-state index in [-0.39, 0.29) is 6.10 Å². The fourth-order valence-corrected chi connectivity index (χ4v) is 2.94. The van der Waals surface area contributed by atoms with Gasteiger partial charge >= 0.3 is 60.7 Å². The molecule has 0 aromatic rings. The molecule has 1 aliphatic heterocycles. The molecule has 1 heterocycles. The molecule has 0 amide bonds. The first-order valence-electron chi connectivity index (χ1n) is 2.73. The van der Waals surface area contributed by atoms with E-state index in [2.05, 4.69) is 15.1 Å². The van der Waals surface area contributed by atoms with E-state index in [1.165, 1.54) is 0 Å². The molecule has 1 fully saturated rings. The third-order valence-corrected chi connectivity index (χ3v) is 3.38. The van der Waals surface area contributed by atoms with Crippen LogP contribution in [0.25, 0.3) is 0 Å². The molecule has 0 aliphatic carbocycles. The average Bonchev–Trinajstić information content (AvgIpc) is 1.60. The third kappa shape index (κ3) is 2.48. The van der Waals surface area contributed by atoms with Crippen molar-refractivity contribution in [1.29, 1.82) is 0 Å². The van der Waals surface area contributed by atoms with Crippen LogP contribution in [0.4, 0.5) is 4.20 Å². The molecule has 5 heteroatoms. The van der Waals surface area contributed by atoms with Crippen molar-refractivity contribution in [3.05, 3.63) is 0 Å². The Labute approximate surface area is 61.2 Å². The van der Waals surface area contributed by atoms with Gasteiger partial charge in [-0.05, 0) is 0 Å². The standard InChI is InChI=1S/C4H8FO2PSe/c1-4-2-3-6-8(5,9)7-4/h4H,2-3H2,1H3/t4-,8+/m0/s1. The first-order valence-corrected chi connectivity index (χ1v) is 6.46. The van der Waals surface area contributed by atoms with Gasteiger partial charge in [-0.1, -0.05) is 0 Å². The molecule has 0 spiro atoms. The van der Waals surface area contributed by atoms with Crippen LogP contribution in [0, 0.1) is 0 Å². The zero-order valence-corrected chi connectivity index (χ0v) is 7.65. The molecule has 54 valence electrons. The van der Waals surface area contributed by atoms with Crippen molar-refractivity contribution in [1.82, 2.24) is 0 Å². The van der Waals surface area contributed by atoms with Gasteiger partial charge in [0.2, 0.25) is 0 Å². The molecule has 0 N–H and O–H groups in total. The number of hydrogen-bond donors (Lipinski definition) is 0. The van der Waals surface area contributed by atoms with Crippen molar-refractivity contribution in [3.8, 4) is 0 Å². The Kier molecular flexibility index (Phi) is 2.47. The number of hydrogen-bond acceptors (Lipinski definition) is 2. The van der Waals surface area contributed by atoms with Gasteiger partial charge in [-0.15, -0.1) is 0 Å². The molecular weight excluding hydrogens is 209 g/mol. The van der Waals surface area contributed by atoms with E-state index in [0.717, 1.165) is 6.42 Å². The monoisotopic (exact) mass is 218 g/mol. The molecule has 9 heavy (non-hydrogen) atoms. The summed E-state index contributed by atoms with van der Waals surface area (Å²) in [5.74, 6) is 0. The fourth-order valence-electron chi connectivity index (χ4n) is 0.626. The zero-order chi connectivity index (χ0) is 6.91. The Hall–Kier alpha value is 0.799. The van der Waals surface area contributed by atoms with Crippen LogP contribution in [-0.2, 0) is 9.05 Å². The van der Waals surface area contributed by atoms with Gasteiger partial charge in [-0.25, -0.2) is 0 Å². The Morgan fingerprint density at radius 3 is 2.78 bits per heavy atom. The molecule has 2 nitrogen and oxygen atoms in total. The molecule has 1 rings (SSSR count). The molecule has 0 bridgehead atoms. The van der Waals surface area contributed by atoms with Crippen molar-refractivity contribution < 1.29 is 13.2 Å². The van der Waals surface area contributed by atoms with Crippen molar-refractivity contribution in [2.24, 2.45) is 0 Å². The normalized spacial score (nSPS) is 44.9. The van der Waals surface area contributed by atoms with Crippen molar-refractivity contribution in [2.75, 3.05) is 6.61 Å². The Morgan fingerprint density at radius 1 is 1.78 bits per heavy atom. The number of halogens is 1. The Bertz CT molecular complexity index is 152. The van der Waals surface area contributed by atoms with Crippen molar-refractivity contribution in [2.45, 2.75) is 19.4 Å². The average molecular weight is 217 g/mol. The van der Waals surface area contributed by atoms with E-state index in [0.29, 0.717) is 6.61 Å². The van der Waals surface area contributed by atoms with Gasteiger partial charge in [-0.2, -0.15) is 0 Å². The second-order valence-electron chi connectivity index (χ2n) is 1.97. The SMILES string of the molecule is C[C@H]1CCO[P@@](F)(=[Se])O1. The van der Waals surface area contributed by atoms with E-state index in [9.17, 15) is 4.20 Å². The van der Waals surface area contributed by atoms with Gasteiger partial charge in [0.1, 0.15) is 0 Å². The van der Waals surface area contributed by atoms with Crippen molar-refractivity contribution >= 4 is 21.4 Å². The predicted octanol–water partition coefficient (Wildman–Crippen LogP) is 1.63.